The molecule has 142 valence electrons. The van der Waals surface area contributed by atoms with Crippen molar-refractivity contribution < 1.29 is 18.3 Å². The Hall–Kier alpha value is -2.21. The molecule has 12 heteroatoms. The van der Waals surface area contributed by atoms with Crippen LogP contribution in [0.1, 0.15) is 10.9 Å². The number of rotatable bonds is 5. The number of nitro groups is 2. The summed E-state index contributed by atoms with van der Waals surface area (Å²) in [4.78, 5) is 20.5. The number of nitro benzene ring substituents is 2. The number of thioether (sulfide) groups is 1. The van der Waals surface area contributed by atoms with Crippen LogP contribution in [0.25, 0.3) is 0 Å². The third-order valence-electron chi connectivity index (χ3n) is 3.96. The van der Waals surface area contributed by atoms with Gasteiger partial charge < -0.3 is 0 Å². The van der Waals surface area contributed by atoms with E-state index in [4.69, 9.17) is 11.6 Å². The van der Waals surface area contributed by atoms with Crippen molar-refractivity contribution in [2.45, 2.75) is 10.3 Å². The van der Waals surface area contributed by atoms with Gasteiger partial charge in [0.05, 0.1) is 20.1 Å². The molecule has 1 atom stereocenters. The maximum atomic E-state index is 13.0. The third-order valence-corrected chi connectivity index (χ3v) is 7.55. The molecule has 0 spiro atoms. The van der Waals surface area contributed by atoms with E-state index in [1.165, 1.54) is 40.3 Å². The highest BCUT2D eigenvalue weighted by atomic mass is 35.5. The van der Waals surface area contributed by atoms with E-state index < -0.39 is 25.2 Å². The second-order valence-electron chi connectivity index (χ2n) is 5.56. The Morgan fingerprint density at radius 3 is 2.33 bits per heavy atom. The van der Waals surface area contributed by atoms with E-state index in [0.717, 1.165) is 12.1 Å². The Kier molecular flexibility index (Phi) is 5.38. The third kappa shape index (κ3) is 3.76. The van der Waals surface area contributed by atoms with Gasteiger partial charge in [0.25, 0.3) is 11.4 Å². The van der Waals surface area contributed by atoms with Gasteiger partial charge in [0.2, 0.25) is 10.0 Å². The number of benzene rings is 2. The molecule has 0 bridgehead atoms. The van der Waals surface area contributed by atoms with E-state index in [1.807, 2.05) is 0 Å². The summed E-state index contributed by atoms with van der Waals surface area (Å²) in [6.07, 6.45) is 0. The van der Waals surface area contributed by atoms with Crippen molar-refractivity contribution in [3.63, 3.8) is 0 Å². The van der Waals surface area contributed by atoms with Gasteiger partial charge in [-0.3, -0.25) is 20.2 Å². The number of sulfonamides is 1. The smallest absolute Gasteiger partial charge is 0.258 e. The summed E-state index contributed by atoms with van der Waals surface area (Å²) in [5.74, 6) is 0.507. The summed E-state index contributed by atoms with van der Waals surface area (Å²) < 4.78 is 27.2. The van der Waals surface area contributed by atoms with Gasteiger partial charge >= 0.3 is 0 Å². The molecule has 2 aromatic rings. The molecular formula is C15H12ClN3O6S2. The second kappa shape index (κ2) is 7.43. The Morgan fingerprint density at radius 2 is 1.74 bits per heavy atom. The molecular weight excluding hydrogens is 418 g/mol. The number of halogens is 1. The van der Waals surface area contributed by atoms with Crippen LogP contribution in [0.15, 0.2) is 47.4 Å². The predicted octanol–water partition coefficient (Wildman–Crippen LogP) is 3.59. The van der Waals surface area contributed by atoms with Gasteiger partial charge in [0.1, 0.15) is 5.02 Å². The van der Waals surface area contributed by atoms with Crippen molar-refractivity contribution in [3.05, 3.63) is 73.3 Å². The largest absolute Gasteiger partial charge is 0.288 e. The minimum atomic E-state index is -3.93. The van der Waals surface area contributed by atoms with Crippen LogP contribution in [0.2, 0.25) is 5.02 Å². The average Bonchev–Trinajstić information content (AvgIpc) is 3.12. The van der Waals surface area contributed by atoms with Gasteiger partial charge in [-0.05, 0) is 23.8 Å². The van der Waals surface area contributed by atoms with Gasteiger partial charge in [0, 0.05) is 30.5 Å². The van der Waals surface area contributed by atoms with Crippen LogP contribution in [-0.4, -0.2) is 34.9 Å². The molecule has 2 aromatic carbocycles. The molecule has 1 unspecified atom stereocenters. The summed E-state index contributed by atoms with van der Waals surface area (Å²) in [5, 5.41) is 21.2. The zero-order valence-electron chi connectivity index (χ0n) is 13.5. The van der Waals surface area contributed by atoms with E-state index >= 15 is 0 Å². The van der Waals surface area contributed by atoms with Gasteiger partial charge in [-0.25, -0.2) is 8.42 Å². The van der Waals surface area contributed by atoms with E-state index in [9.17, 15) is 28.6 Å². The van der Waals surface area contributed by atoms with E-state index in [1.54, 1.807) is 6.07 Å². The van der Waals surface area contributed by atoms with E-state index in [-0.39, 0.29) is 27.8 Å². The normalized spacial score (nSPS) is 17.7. The van der Waals surface area contributed by atoms with Crippen molar-refractivity contribution in [3.8, 4) is 0 Å². The molecule has 1 fully saturated rings. The zero-order valence-corrected chi connectivity index (χ0v) is 15.9. The van der Waals surface area contributed by atoms with Gasteiger partial charge in [0.15, 0.2) is 0 Å². The molecule has 0 amide bonds. The van der Waals surface area contributed by atoms with Crippen LogP contribution in [0, 0.1) is 20.2 Å². The summed E-state index contributed by atoms with van der Waals surface area (Å²) in [7, 11) is -3.93. The SMILES string of the molecule is O=[N+]([O-])c1ccc(S(=O)(=O)N2CCSC2c2ccc(Cl)c([N+](=O)[O-])c2)cc1. The molecule has 27 heavy (non-hydrogen) atoms. The first-order valence-electron chi connectivity index (χ1n) is 7.53. The molecule has 0 N–H and O–H groups in total. The fourth-order valence-corrected chi connectivity index (χ4v) is 6.08. The molecule has 9 nitrogen and oxygen atoms in total. The fourth-order valence-electron chi connectivity index (χ4n) is 2.66. The molecule has 3 rings (SSSR count). The van der Waals surface area contributed by atoms with Crippen LogP contribution >= 0.6 is 23.4 Å². The predicted molar refractivity (Wildman–Crippen MR) is 100 cm³/mol. The van der Waals surface area contributed by atoms with Crippen molar-refractivity contribution in [2.24, 2.45) is 0 Å². The maximum absolute atomic E-state index is 13.0. The lowest BCUT2D eigenvalue weighted by Gasteiger charge is -2.23. The molecule has 1 heterocycles. The molecule has 1 saturated heterocycles. The quantitative estimate of drug-likeness (QED) is 0.525. The lowest BCUT2D eigenvalue weighted by molar-refractivity contribution is -0.385. The Bertz CT molecular complexity index is 1010. The Labute approximate surface area is 163 Å². The molecule has 0 radical (unpaired) electrons. The summed E-state index contributed by atoms with van der Waals surface area (Å²) in [6, 6.07) is 8.79. The van der Waals surface area contributed by atoms with Crippen LogP contribution < -0.4 is 0 Å². The van der Waals surface area contributed by atoms with Crippen molar-refractivity contribution in [1.29, 1.82) is 0 Å². The first kappa shape index (κ1) is 19.5. The van der Waals surface area contributed by atoms with Crippen LogP contribution in [-0.2, 0) is 10.0 Å². The zero-order chi connectivity index (χ0) is 19.8. The number of hydrogen-bond acceptors (Lipinski definition) is 7. The lowest BCUT2D eigenvalue weighted by atomic mass is 10.2. The minimum Gasteiger partial charge on any atom is -0.258 e. The van der Waals surface area contributed by atoms with Crippen molar-refractivity contribution in [2.75, 3.05) is 12.3 Å². The molecule has 1 aliphatic rings. The van der Waals surface area contributed by atoms with Crippen LogP contribution in [0.4, 0.5) is 11.4 Å². The standard InChI is InChI=1S/C15H12ClN3O6S2/c16-13-6-1-10(9-14(13)19(22)23)15-17(7-8-26-15)27(24,25)12-4-2-11(3-5-12)18(20)21/h1-6,9,15H,7-8H2. The van der Waals surface area contributed by atoms with Crippen LogP contribution in [0.3, 0.4) is 0 Å². The van der Waals surface area contributed by atoms with E-state index in [2.05, 4.69) is 0 Å². The first-order chi connectivity index (χ1) is 12.7. The van der Waals surface area contributed by atoms with Crippen LogP contribution in [0.5, 0.6) is 0 Å². The molecule has 0 aliphatic carbocycles. The molecule has 0 saturated carbocycles. The summed E-state index contributed by atoms with van der Waals surface area (Å²) >= 11 is 7.16. The van der Waals surface area contributed by atoms with Gasteiger partial charge in [-0.2, -0.15) is 4.31 Å². The molecule has 1 aliphatic heterocycles. The maximum Gasteiger partial charge on any atom is 0.288 e. The first-order valence-corrected chi connectivity index (χ1v) is 10.4. The van der Waals surface area contributed by atoms with Crippen molar-refractivity contribution >= 4 is 44.8 Å². The number of non-ortho nitro benzene ring substituents is 1. The second-order valence-corrected chi connectivity index (χ2v) is 9.04. The Morgan fingerprint density at radius 1 is 1.07 bits per heavy atom. The Balaban J connectivity index is 1.97. The summed E-state index contributed by atoms with van der Waals surface area (Å²) in [6.45, 7) is 0.213. The van der Waals surface area contributed by atoms with Gasteiger partial charge in [-0.1, -0.05) is 17.7 Å². The van der Waals surface area contributed by atoms with Gasteiger partial charge in [-0.15, -0.1) is 11.8 Å². The topological polar surface area (TPSA) is 124 Å². The number of nitrogens with zero attached hydrogens (tertiary/aromatic N) is 3. The highest BCUT2D eigenvalue weighted by Gasteiger charge is 2.37. The fraction of sp³-hybridized carbons (Fsp3) is 0.200. The summed E-state index contributed by atoms with van der Waals surface area (Å²) in [5.41, 5.74) is -0.0666. The molecule has 0 aromatic heterocycles. The average molecular weight is 430 g/mol. The minimum absolute atomic E-state index is 0.0310. The highest BCUT2D eigenvalue weighted by molar-refractivity contribution is 8.01. The number of hydrogen-bond donors (Lipinski definition) is 0. The van der Waals surface area contributed by atoms with E-state index in [0.29, 0.717) is 11.3 Å². The highest BCUT2D eigenvalue weighted by Crippen LogP contribution is 2.43. The lowest BCUT2D eigenvalue weighted by Crippen LogP contribution is -2.30. The monoisotopic (exact) mass is 429 g/mol. The van der Waals surface area contributed by atoms with Crippen molar-refractivity contribution in [1.82, 2.24) is 4.31 Å².